The lowest BCUT2D eigenvalue weighted by atomic mass is 10.8. The first-order valence-corrected chi connectivity index (χ1v) is 3.66. The zero-order chi connectivity index (χ0) is 6.85. The van der Waals surface area contributed by atoms with Crippen LogP contribution in [-0.2, 0) is 0 Å². The van der Waals surface area contributed by atoms with Crippen molar-refractivity contribution in [1.82, 2.24) is 10.2 Å². The van der Waals surface area contributed by atoms with Gasteiger partial charge in [0, 0.05) is 0 Å². The van der Waals surface area contributed by atoms with Gasteiger partial charge in [0.1, 0.15) is 0 Å². The molecule has 0 spiro atoms. The highest BCUT2D eigenvalue weighted by molar-refractivity contribution is 7.97. The molecule has 0 radical (unpaired) electrons. The fraction of sp³-hybridized carbons (Fsp3) is 0. The van der Waals surface area contributed by atoms with Crippen molar-refractivity contribution in [1.29, 1.82) is 0 Å². The number of aromatic nitrogens is 2. The van der Waals surface area contributed by atoms with Gasteiger partial charge in [0.05, 0.1) is 0 Å². The van der Waals surface area contributed by atoms with Crippen molar-refractivity contribution in [2.75, 3.05) is 0 Å². The molecule has 0 saturated carbocycles. The van der Waals surface area contributed by atoms with Gasteiger partial charge < -0.3 is 0 Å². The van der Waals surface area contributed by atoms with E-state index in [1.54, 1.807) is 0 Å². The molecule has 0 unspecified atom stereocenters. The van der Waals surface area contributed by atoms with Crippen LogP contribution in [0.15, 0.2) is 0 Å². The SMILES string of the molecule is O=C(S)c1n[nH]c(=S)s1. The molecule has 0 aliphatic heterocycles. The Morgan fingerprint density at radius 3 is 2.78 bits per heavy atom. The van der Waals surface area contributed by atoms with E-state index in [2.05, 4.69) is 35.0 Å². The highest BCUT2D eigenvalue weighted by Crippen LogP contribution is 2.06. The van der Waals surface area contributed by atoms with E-state index in [1.165, 1.54) is 0 Å². The number of nitrogens with one attached hydrogen (secondary N) is 1. The lowest BCUT2D eigenvalue weighted by Gasteiger charge is -1.75. The Kier molecular flexibility index (Phi) is 1.99. The number of thiol groups is 1. The molecule has 3 nitrogen and oxygen atoms in total. The van der Waals surface area contributed by atoms with Crippen LogP contribution < -0.4 is 0 Å². The summed E-state index contributed by atoms with van der Waals surface area (Å²) in [4.78, 5) is 10.4. The first kappa shape index (κ1) is 6.91. The molecule has 0 bridgehead atoms. The molecular formula is C3H2N2OS3. The molecule has 0 aliphatic carbocycles. The third-order valence-electron chi connectivity index (χ3n) is 0.621. The molecule has 9 heavy (non-hydrogen) atoms. The molecule has 1 heterocycles. The van der Waals surface area contributed by atoms with Gasteiger partial charge in [-0.1, -0.05) is 24.0 Å². The summed E-state index contributed by atoms with van der Waals surface area (Å²) in [5.41, 5.74) is 0. The highest BCUT2D eigenvalue weighted by Gasteiger charge is 2.02. The smallest absolute Gasteiger partial charge is 0.246 e. The molecular weight excluding hydrogens is 176 g/mol. The predicted octanol–water partition coefficient (Wildman–Crippen LogP) is 1.27. The van der Waals surface area contributed by atoms with Crippen LogP contribution >= 0.6 is 36.2 Å². The zero-order valence-electron chi connectivity index (χ0n) is 4.12. The summed E-state index contributed by atoms with van der Waals surface area (Å²) in [7, 11) is 0. The highest BCUT2D eigenvalue weighted by atomic mass is 32.1. The number of nitrogens with zero attached hydrogens (tertiary/aromatic N) is 1. The summed E-state index contributed by atoms with van der Waals surface area (Å²) in [5, 5.41) is 6.00. The molecule has 0 aliphatic rings. The van der Waals surface area contributed by atoms with Crippen LogP contribution in [0.25, 0.3) is 0 Å². The number of carbonyl (C=O) groups is 1. The van der Waals surface area contributed by atoms with Crippen LogP contribution in [0.5, 0.6) is 0 Å². The quantitative estimate of drug-likeness (QED) is 0.503. The number of aromatic amines is 1. The molecule has 1 aromatic rings. The lowest BCUT2D eigenvalue weighted by Crippen LogP contribution is -1.85. The van der Waals surface area contributed by atoms with Gasteiger partial charge in [-0.25, -0.2) is 0 Å². The molecule has 1 N–H and O–H groups in total. The Balaban J connectivity index is 3.12. The Morgan fingerprint density at radius 2 is 2.56 bits per heavy atom. The zero-order valence-corrected chi connectivity index (χ0v) is 6.65. The average molecular weight is 178 g/mol. The van der Waals surface area contributed by atoms with Crippen molar-refractivity contribution >= 4 is 41.3 Å². The van der Waals surface area contributed by atoms with Crippen LogP contribution in [0, 0.1) is 3.95 Å². The van der Waals surface area contributed by atoms with E-state index >= 15 is 0 Å². The minimum Gasteiger partial charge on any atom is -0.279 e. The first-order valence-electron chi connectivity index (χ1n) is 1.99. The van der Waals surface area contributed by atoms with Gasteiger partial charge >= 0.3 is 0 Å². The van der Waals surface area contributed by atoms with E-state index in [-0.39, 0.29) is 5.12 Å². The molecule has 1 aromatic heterocycles. The molecule has 0 saturated heterocycles. The molecule has 0 fully saturated rings. The van der Waals surface area contributed by atoms with Crippen LogP contribution in [0.4, 0.5) is 0 Å². The van der Waals surface area contributed by atoms with E-state index in [4.69, 9.17) is 0 Å². The van der Waals surface area contributed by atoms with E-state index in [0.717, 1.165) is 11.3 Å². The molecule has 0 aromatic carbocycles. The van der Waals surface area contributed by atoms with Crippen molar-refractivity contribution in [3.63, 3.8) is 0 Å². The maximum absolute atomic E-state index is 10.4. The largest absolute Gasteiger partial charge is 0.279 e. The number of hydrogen-bond donors (Lipinski definition) is 2. The second kappa shape index (κ2) is 2.59. The van der Waals surface area contributed by atoms with E-state index < -0.39 is 0 Å². The Bertz CT molecular complexity index is 275. The summed E-state index contributed by atoms with van der Waals surface area (Å²) in [5.74, 6) is 0. The maximum Gasteiger partial charge on any atom is 0.246 e. The van der Waals surface area contributed by atoms with Gasteiger partial charge in [0.15, 0.2) is 8.96 Å². The summed E-state index contributed by atoms with van der Waals surface area (Å²) in [6.45, 7) is 0. The molecule has 0 amide bonds. The number of hydrogen-bond acceptors (Lipinski definition) is 4. The second-order valence-corrected chi connectivity index (χ2v) is 3.30. The molecule has 6 heteroatoms. The minimum absolute atomic E-state index is 0.309. The fourth-order valence-electron chi connectivity index (χ4n) is 0.321. The van der Waals surface area contributed by atoms with Crippen molar-refractivity contribution in [3.8, 4) is 0 Å². The lowest BCUT2D eigenvalue weighted by molar-refractivity contribution is 0.109. The standard InChI is InChI=1S/C3H2N2OS3/c6-2(7)1-4-5-3(8)9-1/h(H,5,8)(H,6,7). The van der Waals surface area contributed by atoms with Gasteiger partial charge in [-0.3, -0.25) is 9.89 Å². The number of rotatable bonds is 1. The Morgan fingerprint density at radius 1 is 1.89 bits per heavy atom. The van der Waals surface area contributed by atoms with Gasteiger partial charge in [-0.05, 0) is 12.2 Å². The summed E-state index contributed by atoms with van der Waals surface area (Å²) < 4.78 is 0.493. The number of H-pyrrole nitrogens is 1. The van der Waals surface area contributed by atoms with Gasteiger partial charge in [-0.2, -0.15) is 5.10 Å². The van der Waals surface area contributed by atoms with Crippen molar-refractivity contribution in [2.45, 2.75) is 0 Å². The minimum atomic E-state index is -0.354. The summed E-state index contributed by atoms with van der Waals surface area (Å²) in [6.07, 6.45) is 0. The molecule has 0 atom stereocenters. The van der Waals surface area contributed by atoms with Crippen LogP contribution in [0.2, 0.25) is 0 Å². The van der Waals surface area contributed by atoms with Crippen LogP contribution in [0.3, 0.4) is 0 Å². The van der Waals surface area contributed by atoms with Crippen LogP contribution in [-0.4, -0.2) is 15.3 Å². The third kappa shape index (κ3) is 1.60. The third-order valence-corrected chi connectivity index (χ3v) is 2.07. The maximum atomic E-state index is 10.4. The van der Waals surface area contributed by atoms with E-state index in [9.17, 15) is 4.79 Å². The normalized spacial score (nSPS) is 9.44. The van der Waals surface area contributed by atoms with E-state index in [0.29, 0.717) is 8.96 Å². The predicted molar refractivity (Wildman–Crippen MR) is 40.6 cm³/mol. The number of carbonyl (C=O) groups excluding carboxylic acids is 1. The van der Waals surface area contributed by atoms with Crippen LogP contribution in [0.1, 0.15) is 9.80 Å². The van der Waals surface area contributed by atoms with Gasteiger partial charge in [-0.15, -0.1) is 0 Å². The average Bonchev–Trinajstić information content (AvgIpc) is 2.14. The Labute approximate surface area is 65.5 Å². The summed E-state index contributed by atoms with van der Waals surface area (Å²) in [6, 6.07) is 0. The second-order valence-electron chi connectivity index (χ2n) is 1.22. The monoisotopic (exact) mass is 178 g/mol. The van der Waals surface area contributed by atoms with Crippen molar-refractivity contribution < 1.29 is 4.79 Å². The van der Waals surface area contributed by atoms with Crippen molar-refractivity contribution in [3.05, 3.63) is 8.96 Å². The first-order chi connectivity index (χ1) is 4.20. The van der Waals surface area contributed by atoms with Crippen molar-refractivity contribution in [2.24, 2.45) is 0 Å². The topological polar surface area (TPSA) is 45.8 Å². The fourth-order valence-corrected chi connectivity index (χ4v) is 1.24. The van der Waals surface area contributed by atoms with Gasteiger partial charge in [0.2, 0.25) is 5.12 Å². The molecule has 48 valence electrons. The van der Waals surface area contributed by atoms with E-state index in [1.807, 2.05) is 0 Å². The molecule has 1 rings (SSSR count). The Hall–Kier alpha value is -0.200. The summed E-state index contributed by atoms with van der Waals surface area (Å²) >= 11 is 9.33. The van der Waals surface area contributed by atoms with Gasteiger partial charge in [0.25, 0.3) is 0 Å².